The lowest BCUT2D eigenvalue weighted by molar-refractivity contribution is 0.787. The summed E-state index contributed by atoms with van der Waals surface area (Å²) in [6.07, 6.45) is 5.40. The van der Waals surface area contributed by atoms with E-state index in [0.29, 0.717) is 0 Å². The molecule has 0 saturated carbocycles. The molecule has 0 heterocycles. The van der Waals surface area contributed by atoms with Crippen LogP contribution in [0, 0.1) is 0 Å². The summed E-state index contributed by atoms with van der Waals surface area (Å²) in [6, 6.07) is 0. The first-order valence-corrected chi connectivity index (χ1v) is 8.34. The molecule has 0 aromatic heterocycles. The van der Waals surface area contributed by atoms with Gasteiger partial charge in [0.1, 0.15) is 0 Å². The van der Waals surface area contributed by atoms with Crippen molar-refractivity contribution in [2.45, 2.75) is 32.7 Å². The Balaban J connectivity index is 4.68. The molecule has 94 valence electrons. The van der Waals surface area contributed by atoms with Gasteiger partial charge in [0.15, 0.2) is 0 Å². The van der Waals surface area contributed by atoms with Crippen LogP contribution in [0.5, 0.6) is 0 Å². The van der Waals surface area contributed by atoms with Crippen LogP contribution in [-0.4, -0.2) is 18.9 Å². The fraction of sp³-hybridized carbons (Fsp3) is 0.600. The van der Waals surface area contributed by atoms with Gasteiger partial charge < -0.3 is 0 Å². The third-order valence-corrected chi connectivity index (χ3v) is 6.06. The summed E-state index contributed by atoms with van der Waals surface area (Å²) in [4.78, 5) is 0.488. The predicted molar refractivity (Wildman–Crippen MR) is 87.0 cm³/mol. The van der Waals surface area contributed by atoms with Crippen molar-refractivity contribution in [2.24, 2.45) is 0 Å². The van der Waals surface area contributed by atoms with Crippen molar-refractivity contribution in [2.75, 3.05) is 0 Å². The quantitative estimate of drug-likeness (QED) is 0.328. The van der Waals surface area contributed by atoms with Crippen LogP contribution in [0.1, 0.15) is 13.8 Å². The van der Waals surface area contributed by atoms with Crippen molar-refractivity contribution in [1.29, 1.82) is 0 Å². The summed E-state index contributed by atoms with van der Waals surface area (Å²) >= 11 is 28.5. The van der Waals surface area contributed by atoms with Crippen LogP contribution in [0.25, 0.3) is 0 Å². The second-order valence-corrected chi connectivity index (χ2v) is 9.34. The summed E-state index contributed by atoms with van der Waals surface area (Å²) in [7, 11) is 0. The van der Waals surface area contributed by atoms with Gasteiger partial charge in [0.2, 0.25) is 0 Å². The zero-order valence-electron chi connectivity index (χ0n) is 8.73. The highest BCUT2D eigenvalue weighted by molar-refractivity contribution is 9.24. The molecule has 0 aromatic carbocycles. The van der Waals surface area contributed by atoms with Gasteiger partial charge in [-0.3, -0.25) is 0 Å². The standard InChI is InChI=1S/C10H12Br3Cl3/c1-9(15,5-6-11)7(14)3-4-10(2,16)8(12)13/h3-8H,1-2H3/b4-3+,6-5+/t7?,9-,10+/m1/s1. The summed E-state index contributed by atoms with van der Waals surface area (Å²) in [6.45, 7) is 3.70. The molecule has 0 amide bonds. The minimum atomic E-state index is -0.650. The lowest BCUT2D eigenvalue weighted by Crippen LogP contribution is -2.27. The van der Waals surface area contributed by atoms with Crippen molar-refractivity contribution in [3.8, 4) is 0 Å². The average molecular weight is 478 g/mol. The molecule has 0 aliphatic rings. The summed E-state index contributed by atoms with van der Waals surface area (Å²) < 4.78 is -0.0393. The van der Waals surface area contributed by atoms with Gasteiger partial charge in [-0.1, -0.05) is 66.0 Å². The number of hydrogen-bond acceptors (Lipinski definition) is 0. The smallest absolute Gasteiger partial charge is 0.0921 e. The van der Waals surface area contributed by atoms with Crippen LogP contribution < -0.4 is 0 Å². The maximum Gasteiger partial charge on any atom is 0.0921 e. The topological polar surface area (TPSA) is 0 Å². The zero-order valence-corrected chi connectivity index (χ0v) is 15.8. The number of alkyl halides is 5. The average Bonchev–Trinajstić information content (AvgIpc) is 2.13. The first kappa shape index (κ1) is 17.8. The summed E-state index contributed by atoms with van der Waals surface area (Å²) in [5, 5.41) is -0.347. The lowest BCUT2D eigenvalue weighted by atomic mass is 10.0. The van der Waals surface area contributed by atoms with E-state index in [1.807, 2.05) is 19.9 Å². The van der Waals surface area contributed by atoms with Gasteiger partial charge in [0.05, 0.1) is 18.9 Å². The van der Waals surface area contributed by atoms with E-state index in [1.165, 1.54) is 0 Å². The van der Waals surface area contributed by atoms with Crippen molar-refractivity contribution in [3.63, 3.8) is 0 Å². The van der Waals surface area contributed by atoms with Gasteiger partial charge in [-0.15, -0.1) is 34.8 Å². The highest BCUT2D eigenvalue weighted by Crippen LogP contribution is 2.33. The minimum Gasteiger partial charge on any atom is -0.116 e. The molecular weight excluding hydrogens is 466 g/mol. The molecule has 3 atom stereocenters. The third kappa shape index (κ3) is 6.10. The van der Waals surface area contributed by atoms with Crippen molar-refractivity contribution < 1.29 is 0 Å². The van der Waals surface area contributed by atoms with E-state index in [9.17, 15) is 0 Å². The van der Waals surface area contributed by atoms with E-state index in [-0.39, 0.29) is 9.11 Å². The second kappa shape index (κ2) is 7.40. The molecule has 0 N–H and O–H groups in total. The fourth-order valence-electron chi connectivity index (χ4n) is 0.749. The molecule has 0 radical (unpaired) electrons. The van der Waals surface area contributed by atoms with Gasteiger partial charge in [0, 0.05) is 0 Å². The van der Waals surface area contributed by atoms with Crippen molar-refractivity contribution in [3.05, 3.63) is 23.2 Å². The Morgan fingerprint density at radius 3 is 1.94 bits per heavy atom. The Morgan fingerprint density at radius 2 is 1.56 bits per heavy atom. The van der Waals surface area contributed by atoms with Crippen LogP contribution in [-0.2, 0) is 0 Å². The van der Waals surface area contributed by atoms with E-state index < -0.39 is 9.75 Å². The number of halogens is 6. The van der Waals surface area contributed by atoms with E-state index in [4.69, 9.17) is 34.8 Å². The minimum absolute atomic E-state index is 0.0393. The lowest BCUT2D eigenvalue weighted by Gasteiger charge is -2.24. The Labute approximate surface area is 137 Å². The van der Waals surface area contributed by atoms with Crippen LogP contribution in [0.3, 0.4) is 0 Å². The first-order chi connectivity index (χ1) is 7.13. The monoisotopic (exact) mass is 474 g/mol. The van der Waals surface area contributed by atoms with E-state index >= 15 is 0 Å². The molecule has 6 heteroatoms. The number of hydrogen-bond donors (Lipinski definition) is 0. The van der Waals surface area contributed by atoms with E-state index in [1.54, 1.807) is 17.1 Å². The second-order valence-electron chi connectivity index (χ2n) is 3.66. The van der Waals surface area contributed by atoms with Crippen molar-refractivity contribution >= 4 is 82.6 Å². The summed E-state index contributed by atoms with van der Waals surface area (Å²) in [5.41, 5.74) is 0. The molecule has 0 rings (SSSR count). The van der Waals surface area contributed by atoms with Crippen LogP contribution in [0.2, 0.25) is 0 Å². The molecule has 0 aliphatic carbocycles. The van der Waals surface area contributed by atoms with Crippen molar-refractivity contribution in [1.82, 2.24) is 0 Å². The Morgan fingerprint density at radius 1 is 1.06 bits per heavy atom. The fourth-order valence-corrected chi connectivity index (χ4v) is 2.11. The third-order valence-electron chi connectivity index (χ3n) is 1.95. The molecule has 0 nitrogen and oxygen atoms in total. The SMILES string of the molecule is C[C@](Cl)(/C=C/C(Cl)[C@](C)(Cl)/C=C/Br)C(Br)Br. The summed E-state index contributed by atoms with van der Waals surface area (Å²) in [5.74, 6) is 0. The van der Waals surface area contributed by atoms with E-state index in [0.717, 1.165) is 0 Å². The molecule has 0 fully saturated rings. The van der Waals surface area contributed by atoms with Crippen LogP contribution >= 0.6 is 82.6 Å². The van der Waals surface area contributed by atoms with Crippen LogP contribution in [0.15, 0.2) is 23.2 Å². The number of rotatable bonds is 5. The first-order valence-electron chi connectivity index (χ1n) is 4.41. The molecule has 0 saturated heterocycles. The number of allylic oxidation sites excluding steroid dienone is 3. The largest absolute Gasteiger partial charge is 0.116 e. The van der Waals surface area contributed by atoms with Gasteiger partial charge >= 0.3 is 0 Å². The normalized spacial score (nSPS) is 22.6. The Bertz CT molecular complexity index is 272. The van der Waals surface area contributed by atoms with Gasteiger partial charge in [0.25, 0.3) is 0 Å². The molecule has 0 bridgehead atoms. The van der Waals surface area contributed by atoms with Gasteiger partial charge in [-0.25, -0.2) is 0 Å². The highest BCUT2D eigenvalue weighted by atomic mass is 79.9. The molecule has 1 unspecified atom stereocenters. The zero-order chi connectivity index (χ0) is 13.0. The maximum absolute atomic E-state index is 6.23. The molecule has 0 aromatic rings. The molecule has 16 heavy (non-hydrogen) atoms. The highest BCUT2D eigenvalue weighted by Gasteiger charge is 2.29. The van der Waals surface area contributed by atoms with Gasteiger partial charge in [-0.05, 0) is 18.8 Å². The predicted octanol–water partition coefficient (Wildman–Crippen LogP) is 6.17. The molecule has 0 spiro atoms. The maximum atomic E-state index is 6.23. The van der Waals surface area contributed by atoms with Gasteiger partial charge in [-0.2, -0.15) is 0 Å². The molecular formula is C10H12Br3Cl3. The Hall–Kier alpha value is 1.79. The van der Waals surface area contributed by atoms with Crippen LogP contribution in [0.4, 0.5) is 0 Å². The molecule has 0 aliphatic heterocycles. The van der Waals surface area contributed by atoms with E-state index in [2.05, 4.69) is 47.8 Å². The Kier molecular flexibility index (Phi) is 8.22.